The zero-order valence-corrected chi connectivity index (χ0v) is 21.2. The van der Waals surface area contributed by atoms with Crippen molar-refractivity contribution in [2.75, 3.05) is 13.7 Å². The third-order valence-corrected chi connectivity index (χ3v) is 7.08. The lowest BCUT2D eigenvalue weighted by Gasteiger charge is -2.39. The summed E-state index contributed by atoms with van der Waals surface area (Å²) in [7, 11) is 1.64. The molecule has 0 saturated heterocycles. The fourth-order valence-electron chi connectivity index (χ4n) is 5.42. The van der Waals surface area contributed by atoms with Gasteiger partial charge in [0.05, 0.1) is 18.0 Å². The van der Waals surface area contributed by atoms with Crippen molar-refractivity contribution >= 4 is 17.8 Å². The maximum absolute atomic E-state index is 13.4. The summed E-state index contributed by atoms with van der Waals surface area (Å²) >= 11 is 0. The van der Waals surface area contributed by atoms with Crippen molar-refractivity contribution in [1.82, 2.24) is 10.2 Å². The minimum atomic E-state index is -0.509. The third kappa shape index (κ3) is 5.06. The summed E-state index contributed by atoms with van der Waals surface area (Å²) in [5, 5.41) is 3.28. The summed E-state index contributed by atoms with van der Waals surface area (Å²) in [6.45, 7) is 10.4. The molecule has 0 aromatic heterocycles. The van der Waals surface area contributed by atoms with Crippen molar-refractivity contribution in [3.8, 4) is 5.75 Å². The Balaban J connectivity index is 1.50. The maximum atomic E-state index is 13.4. The van der Waals surface area contributed by atoms with Gasteiger partial charge in [-0.1, -0.05) is 12.1 Å². The monoisotopic (exact) mass is 470 g/mol. The number of ether oxygens (including phenoxy) is 2. The second-order valence-electron chi connectivity index (χ2n) is 11.2. The lowest BCUT2D eigenvalue weighted by Crippen LogP contribution is -2.55. The molecule has 1 aliphatic carbocycles. The molecule has 0 unspecified atom stereocenters. The summed E-state index contributed by atoms with van der Waals surface area (Å²) < 4.78 is 11.5. The highest BCUT2D eigenvalue weighted by Crippen LogP contribution is 2.47. The molecule has 3 N–H and O–H groups in total. The Morgan fingerprint density at radius 3 is 2.76 bits per heavy atom. The van der Waals surface area contributed by atoms with E-state index in [4.69, 9.17) is 15.2 Å². The number of methoxy groups -OCH3 is 1. The summed E-state index contributed by atoms with van der Waals surface area (Å²) in [4.78, 5) is 32.5. The van der Waals surface area contributed by atoms with Gasteiger partial charge in [0.2, 0.25) is 11.8 Å². The van der Waals surface area contributed by atoms with Gasteiger partial charge >= 0.3 is 0 Å². The zero-order valence-electron chi connectivity index (χ0n) is 21.2. The molecule has 8 heteroatoms. The molecular weight excluding hydrogens is 432 g/mol. The Morgan fingerprint density at radius 1 is 1.35 bits per heavy atom. The van der Waals surface area contributed by atoms with Crippen molar-refractivity contribution in [3.05, 3.63) is 29.3 Å². The highest BCUT2D eigenvalue weighted by Gasteiger charge is 2.52. The lowest BCUT2D eigenvalue weighted by molar-refractivity contribution is -0.132. The molecule has 2 heterocycles. The van der Waals surface area contributed by atoms with E-state index < -0.39 is 5.54 Å². The molecule has 1 aromatic rings. The highest BCUT2D eigenvalue weighted by molar-refractivity contribution is 5.99. The number of rotatable bonds is 7. The first-order valence-corrected chi connectivity index (χ1v) is 12.2. The molecule has 4 rings (SSSR count). The number of hydrogen-bond acceptors (Lipinski definition) is 6. The van der Waals surface area contributed by atoms with Crippen molar-refractivity contribution in [2.24, 2.45) is 22.6 Å². The summed E-state index contributed by atoms with van der Waals surface area (Å²) in [5.41, 5.74) is 7.50. The van der Waals surface area contributed by atoms with Crippen molar-refractivity contribution in [1.29, 1.82) is 0 Å². The Labute approximate surface area is 202 Å². The SMILES string of the molecule is COCC[C@H]([C@H]1C[C@@H]1C(=O)N[C@@H]1CC(C)(C)Oc2cc(C)ccc21)N1C(=O)CC(C)(C)N=C1N. The first-order chi connectivity index (χ1) is 15.9. The molecule has 0 radical (unpaired) electrons. The van der Waals surface area contributed by atoms with Gasteiger partial charge in [0.25, 0.3) is 0 Å². The van der Waals surface area contributed by atoms with Gasteiger partial charge in [0, 0.05) is 37.7 Å². The number of nitrogens with zero attached hydrogens (tertiary/aromatic N) is 2. The predicted octanol–water partition coefficient (Wildman–Crippen LogP) is 3.08. The number of nitrogens with two attached hydrogens (primary N) is 1. The molecule has 2 aliphatic heterocycles. The Kier molecular flexibility index (Phi) is 6.40. The van der Waals surface area contributed by atoms with Crippen LogP contribution in [0.5, 0.6) is 5.75 Å². The van der Waals surface area contributed by atoms with Gasteiger partial charge in [-0.15, -0.1) is 0 Å². The topological polar surface area (TPSA) is 106 Å². The zero-order chi connectivity index (χ0) is 24.8. The molecule has 0 bridgehead atoms. The Hall–Kier alpha value is -2.61. The number of guanidine groups is 1. The van der Waals surface area contributed by atoms with Crippen molar-refractivity contribution < 1.29 is 19.1 Å². The smallest absolute Gasteiger partial charge is 0.231 e. The van der Waals surface area contributed by atoms with Crippen LogP contribution in [0, 0.1) is 18.8 Å². The van der Waals surface area contributed by atoms with Gasteiger partial charge in [-0.2, -0.15) is 0 Å². The average Bonchev–Trinajstić information content (AvgIpc) is 3.48. The molecule has 4 atom stereocenters. The molecular formula is C26H38N4O4. The minimum absolute atomic E-state index is 0.0157. The second-order valence-corrected chi connectivity index (χ2v) is 11.2. The van der Waals surface area contributed by atoms with Crippen molar-refractivity contribution in [3.63, 3.8) is 0 Å². The number of fused-ring (bicyclic) bond motifs is 1. The van der Waals surface area contributed by atoms with Crippen LogP contribution in [0.3, 0.4) is 0 Å². The third-order valence-electron chi connectivity index (χ3n) is 7.08. The number of nitrogens with one attached hydrogen (secondary N) is 1. The second kappa shape index (κ2) is 8.87. The normalized spacial score (nSPS) is 27.8. The van der Waals surface area contributed by atoms with E-state index in [1.165, 1.54) is 0 Å². The fourth-order valence-corrected chi connectivity index (χ4v) is 5.42. The van der Waals surface area contributed by atoms with Gasteiger partial charge in [-0.25, -0.2) is 4.99 Å². The van der Waals surface area contributed by atoms with Gasteiger partial charge < -0.3 is 20.5 Å². The molecule has 1 saturated carbocycles. The van der Waals surface area contributed by atoms with Crippen LogP contribution in [0.4, 0.5) is 0 Å². The lowest BCUT2D eigenvalue weighted by atomic mass is 9.89. The first kappa shape index (κ1) is 24.5. The van der Waals surface area contributed by atoms with Crippen LogP contribution in [0.2, 0.25) is 0 Å². The van der Waals surface area contributed by atoms with Crippen LogP contribution in [0.15, 0.2) is 23.2 Å². The van der Waals surface area contributed by atoms with Crippen molar-refractivity contribution in [2.45, 2.75) is 83.5 Å². The molecule has 2 amide bonds. The van der Waals surface area contributed by atoms with Crippen LogP contribution < -0.4 is 15.8 Å². The number of benzene rings is 1. The number of carbonyl (C=O) groups is 2. The molecule has 1 aromatic carbocycles. The minimum Gasteiger partial charge on any atom is -0.487 e. The van der Waals surface area contributed by atoms with E-state index in [0.29, 0.717) is 32.3 Å². The van der Waals surface area contributed by atoms with Gasteiger partial charge in [0.1, 0.15) is 11.4 Å². The van der Waals surface area contributed by atoms with Gasteiger partial charge in [-0.05, 0) is 65.0 Å². The number of carbonyl (C=O) groups excluding carboxylic acids is 2. The largest absolute Gasteiger partial charge is 0.487 e. The Bertz CT molecular complexity index is 1000. The predicted molar refractivity (Wildman–Crippen MR) is 130 cm³/mol. The number of hydrogen-bond donors (Lipinski definition) is 2. The standard InChI is InChI=1S/C26H38N4O4/c1-15-7-8-16-19(13-26(4,5)34-21(16)11-15)28-23(32)18-12-17(18)20(9-10-33-6)30-22(31)14-25(2,3)29-24(30)27/h7-8,11,17-20H,9-10,12-14H2,1-6H3,(H2,27,29)(H,28,32)/t17-,18-,19+,20+/m0/s1. The van der Waals surface area contributed by atoms with Crippen LogP contribution >= 0.6 is 0 Å². The average molecular weight is 471 g/mol. The van der Waals surface area contributed by atoms with Crippen LogP contribution in [0.1, 0.15) is 70.5 Å². The number of aliphatic imine (C=N–C) groups is 1. The van der Waals surface area contributed by atoms with Crippen LogP contribution in [0.25, 0.3) is 0 Å². The van der Waals surface area contributed by atoms with E-state index in [-0.39, 0.29) is 47.3 Å². The van der Waals surface area contributed by atoms with E-state index in [9.17, 15) is 9.59 Å². The number of aryl methyl sites for hydroxylation is 1. The quantitative estimate of drug-likeness (QED) is 0.637. The van der Waals surface area contributed by atoms with Crippen LogP contribution in [-0.2, 0) is 14.3 Å². The summed E-state index contributed by atoms with van der Waals surface area (Å²) in [6, 6.07) is 5.80. The Morgan fingerprint density at radius 2 is 2.09 bits per heavy atom. The fraction of sp³-hybridized carbons (Fsp3) is 0.654. The molecule has 1 fully saturated rings. The van der Waals surface area contributed by atoms with Gasteiger partial charge in [0.15, 0.2) is 5.96 Å². The molecule has 0 spiro atoms. The summed E-state index contributed by atoms with van der Waals surface area (Å²) in [6.07, 6.45) is 2.32. The molecule has 8 nitrogen and oxygen atoms in total. The highest BCUT2D eigenvalue weighted by atomic mass is 16.5. The van der Waals surface area contributed by atoms with Gasteiger partial charge in [-0.3, -0.25) is 14.5 Å². The van der Waals surface area contributed by atoms with Crippen LogP contribution in [-0.4, -0.2) is 53.6 Å². The molecule has 186 valence electrons. The van der Waals surface area contributed by atoms with E-state index >= 15 is 0 Å². The molecule has 34 heavy (non-hydrogen) atoms. The van der Waals surface area contributed by atoms with E-state index in [2.05, 4.69) is 10.3 Å². The summed E-state index contributed by atoms with van der Waals surface area (Å²) in [5.74, 6) is 0.903. The van der Waals surface area contributed by atoms with E-state index in [1.807, 2.05) is 52.8 Å². The van der Waals surface area contributed by atoms with E-state index in [0.717, 1.165) is 16.9 Å². The molecule has 3 aliphatic rings. The number of amides is 2. The maximum Gasteiger partial charge on any atom is 0.231 e. The first-order valence-electron chi connectivity index (χ1n) is 12.2. The van der Waals surface area contributed by atoms with E-state index in [1.54, 1.807) is 12.0 Å².